The summed E-state index contributed by atoms with van der Waals surface area (Å²) in [5.74, 6) is 0.503. The van der Waals surface area contributed by atoms with Crippen LogP contribution in [0.1, 0.15) is 24.5 Å². The van der Waals surface area contributed by atoms with Crippen molar-refractivity contribution < 1.29 is 4.74 Å². The highest BCUT2D eigenvalue weighted by Gasteiger charge is 2.17. The van der Waals surface area contributed by atoms with Crippen molar-refractivity contribution >= 4 is 38.4 Å². The zero-order valence-corrected chi connectivity index (χ0v) is 12.2. The number of fused-ring (bicyclic) bond motifs is 1. The molecule has 1 fully saturated rings. The molecule has 1 aromatic heterocycles. The fourth-order valence-corrected chi connectivity index (χ4v) is 3.27. The third kappa shape index (κ3) is 2.40. The van der Waals surface area contributed by atoms with Crippen molar-refractivity contribution in [2.75, 3.05) is 13.2 Å². The number of ether oxygens (including phenoxy) is 1. The van der Waals surface area contributed by atoms with Gasteiger partial charge >= 0.3 is 0 Å². The Morgan fingerprint density at radius 3 is 2.78 bits per heavy atom. The van der Waals surface area contributed by atoms with Gasteiger partial charge in [0.05, 0.1) is 10.5 Å². The van der Waals surface area contributed by atoms with Crippen LogP contribution in [-0.2, 0) is 4.74 Å². The molecule has 2 nitrogen and oxygen atoms in total. The molecular weight excluding hydrogens is 314 g/mol. The van der Waals surface area contributed by atoms with E-state index in [1.54, 1.807) is 0 Å². The standard InChI is InChI=1S/C14H13BrClNO/c15-11-7-10-1-2-13(9-3-5-18-6-4-9)17-14(10)12(16)8-11/h1-2,7-9H,3-6H2. The van der Waals surface area contributed by atoms with Crippen molar-refractivity contribution in [1.82, 2.24) is 4.98 Å². The first kappa shape index (κ1) is 12.4. The smallest absolute Gasteiger partial charge is 0.0892 e. The minimum absolute atomic E-state index is 0.503. The van der Waals surface area contributed by atoms with Crippen LogP contribution in [0.4, 0.5) is 0 Å². The number of aromatic nitrogens is 1. The highest BCUT2D eigenvalue weighted by atomic mass is 79.9. The van der Waals surface area contributed by atoms with Crippen LogP contribution < -0.4 is 0 Å². The topological polar surface area (TPSA) is 22.1 Å². The van der Waals surface area contributed by atoms with Crippen molar-refractivity contribution in [2.45, 2.75) is 18.8 Å². The lowest BCUT2D eigenvalue weighted by Crippen LogP contribution is -2.15. The maximum atomic E-state index is 6.26. The lowest BCUT2D eigenvalue weighted by molar-refractivity contribution is 0.0846. The largest absolute Gasteiger partial charge is 0.381 e. The first-order chi connectivity index (χ1) is 8.74. The monoisotopic (exact) mass is 325 g/mol. The SMILES string of the molecule is Clc1cc(Br)cc2ccc(C3CCOCC3)nc12. The molecule has 1 aliphatic rings. The Labute approximate surface area is 119 Å². The maximum absolute atomic E-state index is 6.26. The van der Waals surface area contributed by atoms with Crippen LogP contribution in [-0.4, -0.2) is 18.2 Å². The summed E-state index contributed by atoms with van der Waals surface area (Å²) in [5.41, 5.74) is 2.03. The third-order valence-electron chi connectivity index (χ3n) is 3.37. The molecule has 2 heterocycles. The molecule has 3 rings (SSSR count). The summed E-state index contributed by atoms with van der Waals surface area (Å²) in [5, 5.41) is 1.78. The van der Waals surface area contributed by atoms with Crippen LogP contribution in [0.15, 0.2) is 28.7 Å². The Morgan fingerprint density at radius 1 is 1.22 bits per heavy atom. The van der Waals surface area contributed by atoms with Gasteiger partial charge in [0.2, 0.25) is 0 Å². The first-order valence-electron chi connectivity index (χ1n) is 6.07. The second kappa shape index (κ2) is 5.16. The third-order valence-corrected chi connectivity index (χ3v) is 4.12. The number of pyridine rings is 1. The summed E-state index contributed by atoms with van der Waals surface area (Å²) in [6.45, 7) is 1.66. The average molecular weight is 327 g/mol. The minimum atomic E-state index is 0.503. The molecule has 94 valence electrons. The van der Waals surface area contributed by atoms with Gasteiger partial charge in [0.1, 0.15) is 0 Å². The number of hydrogen-bond acceptors (Lipinski definition) is 2. The van der Waals surface area contributed by atoms with Crippen LogP contribution in [0.25, 0.3) is 10.9 Å². The summed E-state index contributed by atoms with van der Waals surface area (Å²) in [4.78, 5) is 4.73. The molecule has 0 saturated carbocycles. The van der Waals surface area contributed by atoms with Crippen molar-refractivity contribution in [3.63, 3.8) is 0 Å². The molecule has 4 heteroatoms. The highest BCUT2D eigenvalue weighted by molar-refractivity contribution is 9.10. The maximum Gasteiger partial charge on any atom is 0.0892 e. The quantitative estimate of drug-likeness (QED) is 0.767. The van der Waals surface area contributed by atoms with Crippen LogP contribution >= 0.6 is 27.5 Å². The van der Waals surface area contributed by atoms with E-state index in [9.17, 15) is 0 Å². The molecule has 2 aromatic rings. The molecule has 1 aliphatic heterocycles. The number of hydrogen-bond donors (Lipinski definition) is 0. The number of nitrogens with zero attached hydrogens (tertiary/aromatic N) is 1. The van der Waals surface area contributed by atoms with Gasteiger partial charge in [0.25, 0.3) is 0 Å². The fourth-order valence-electron chi connectivity index (χ4n) is 2.39. The van der Waals surface area contributed by atoms with Crippen LogP contribution in [0.2, 0.25) is 5.02 Å². The van der Waals surface area contributed by atoms with E-state index >= 15 is 0 Å². The van der Waals surface area contributed by atoms with E-state index in [0.29, 0.717) is 10.9 Å². The molecule has 0 aliphatic carbocycles. The molecule has 18 heavy (non-hydrogen) atoms. The van der Waals surface area contributed by atoms with Gasteiger partial charge in [-0.05, 0) is 31.0 Å². The lowest BCUT2D eigenvalue weighted by Gasteiger charge is -2.21. The Bertz CT molecular complexity index is 581. The molecule has 0 atom stereocenters. The van der Waals surface area contributed by atoms with E-state index in [1.165, 1.54) is 0 Å². The predicted molar refractivity (Wildman–Crippen MR) is 77.2 cm³/mol. The summed E-state index contributed by atoms with van der Waals surface area (Å²) >= 11 is 9.71. The van der Waals surface area contributed by atoms with E-state index in [1.807, 2.05) is 12.1 Å². The van der Waals surface area contributed by atoms with Gasteiger partial charge in [-0.2, -0.15) is 0 Å². The predicted octanol–water partition coefficient (Wildman–Crippen LogP) is 4.54. The van der Waals surface area contributed by atoms with E-state index < -0.39 is 0 Å². The zero-order valence-electron chi connectivity index (χ0n) is 9.83. The van der Waals surface area contributed by atoms with Crippen LogP contribution in [0.3, 0.4) is 0 Å². The molecule has 1 aromatic carbocycles. The minimum Gasteiger partial charge on any atom is -0.381 e. The van der Waals surface area contributed by atoms with Gasteiger partial charge in [-0.3, -0.25) is 4.98 Å². The Hall–Kier alpha value is -0.640. The average Bonchev–Trinajstić information content (AvgIpc) is 2.39. The van der Waals surface area contributed by atoms with Gasteiger partial charge in [0, 0.05) is 34.7 Å². The second-order valence-electron chi connectivity index (χ2n) is 4.58. The molecule has 1 saturated heterocycles. The zero-order chi connectivity index (χ0) is 12.5. The summed E-state index contributed by atoms with van der Waals surface area (Å²) in [7, 11) is 0. The van der Waals surface area contributed by atoms with Crippen molar-refractivity contribution in [2.24, 2.45) is 0 Å². The van der Waals surface area contributed by atoms with Crippen molar-refractivity contribution in [3.05, 3.63) is 39.5 Å². The van der Waals surface area contributed by atoms with E-state index in [2.05, 4.69) is 28.1 Å². The molecule has 0 N–H and O–H groups in total. The summed E-state index contributed by atoms with van der Waals surface area (Å²) in [6.07, 6.45) is 2.10. The van der Waals surface area contributed by atoms with E-state index in [4.69, 9.17) is 21.3 Å². The Morgan fingerprint density at radius 2 is 2.00 bits per heavy atom. The van der Waals surface area contributed by atoms with Crippen molar-refractivity contribution in [3.8, 4) is 0 Å². The fraction of sp³-hybridized carbons (Fsp3) is 0.357. The number of rotatable bonds is 1. The Balaban J connectivity index is 2.04. The Kier molecular flexibility index (Phi) is 3.55. The molecule has 0 bridgehead atoms. The molecule has 0 amide bonds. The van der Waals surface area contributed by atoms with Gasteiger partial charge in [0.15, 0.2) is 0 Å². The summed E-state index contributed by atoms with van der Waals surface area (Å²) < 4.78 is 6.37. The molecular formula is C14H13BrClNO. The number of benzene rings is 1. The normalized spacial score (nSPS) is 17.2. The second-order valence-corrected chi connectivity index (χ2v) is 5.90. The van der Waals surface area contributed by atoms with E-state index in [-0.39, 0.29) is 0 Å². The molecule has 0 radical (unpaired) electrons. The first-order valence-corrected chi connectivity index (χ1v) is 7.24. The number of halogens is 2. The van der Waals surface area contributed by atoms with Gasteiger partial charge in [-0.1, -0.05) is 33.6 Å². The molecule has 0 unspecified atom stereocenters. The van der Waals surface area contributed by atoms with Crippen molar-refractivity contribution in [1.29, 1.82) is 0 Å². The van der Waals surface area contributed by atoms with Gasteiger partial charge in [-0.15, -0.1) is 0 Å². The van der Waals surface area contributed by atoms with Crippen LogP contribution in [0, 0.1) is 0 Å². The van der Waals surface area contributed by atoms with Crippen LogP contribution in [0.5, 0.6) is 0 Å². The lowest BCUT2D eigenvalue weighted by atomic mass is 9.95. The van der Waals surface area contributed by atoms with E-state index in [0.717, 1.165) is 47.1 Å². The van der Waals surface area contributed by atoms with Gasteiger partial charge in [-0.25, -0.2) is 0 Å². The summed E-state index contributed by atoms with van der Waals surface area (Å²) in [6, 6.07) is 8.15. The highest BCUT2D eigenvalue weighted by Crippen LogP contribution is 2.31. The molecule has 0 spiro atoms. The van der Waals surface area contributed by atoms with Gasteiger partial charge < -0.3 is 4.74 Å².